The van der Waals surface area contributed by atoms with Crippen molar-refractivity contribution in [2.24, 2.45) is 0 Å². The molecule has 0 saturated carbocycles. The average Bonchev–Trinajstić information content (AvgIpc) is 2.29. The van der Waals surface area contributed by atoms with E-state index in [1.54, 1.807) is 18.2 Å². The van der Waals surface area contributed by atoms with E-state index in [0.717, 1.165) is 4.47 Å². The van der Waals surface area contributed by atoms with Crippen molar-refractivity contribution in [3.63, 3.8) is 0 Å². The molecule has 6 heteroatoms. The summed E-state index contributed by atoms with van der Waals surface area (Å²) in [6.45, 7) is 3.18. The van der Waals surface area contributed by atoms with Crippen LogP contribution in [0.2, 0.25) is 0 Å². The van der Waals surface area contributed by atoms with E-state index >= 15 is 0 Å². The summed E-state index contributed by atoms with van der Waals surface area (Å²) in [5, 5.41) is 0. The summed E-state index contributed by atoms with van der Waals surface area (Å²) in [7, 11) is -3.41. The largest absolute Gasteiger partial charge is 0.378 e. The van der Waals surface area contributed by atoms with Crippen molar-refractivity contribution in [1.82, 2.24) is 4.31 Å². The fourth-order valence-electron chi connectivity index (χ4n) is 1.83. The van der Waals surface area contributed by atoms with Gasteiger partial charge >= 0.3 is 0 Å². The molecule has 17 heavy (non-hydrogen) atoms. The van der Waals surface area contributed by atoms with Crippen LogP contribution in [0, 0.1) is 0 Å². The molecule has 1 aliphatic rings. The van der Waals surface area contributed by atoms with Gasteiger partial charge in [-0.15, -0.1) is 0 Å². The summed E-state index contributed by atoms with van der Waals surface area (Å²) < 4.78 is 32.3. The second-order valence-electron chi connectivity index (χ2n) is 4.00. The number of hydrogen-bond donors (Lipinski definition) is 0. The lowest BCUT2D eigenvalue weighted by atomic mass is 10.3. The Morgan fingerprint density at radius 2 is 2.24 bits per heavy atom. The summed E-state index contributed by atoms with van der Waals surface area (Å²) in [6.07, 6.45) is 0. The predicted octanol–water partition coefficient (Wildman–Crippen LogP) is 1.86. The fourth-order valence-corrected chi connectivity index (χ4v) is 4.03. The molecule has 1 heterocycles. The topological polar surface area (TPSA) is 46.6 Å². The van der Waals surface area contributed by atoms with Gasteiger partial charge in [-0.1, -0.05) is 22.0 Å². The number of sulfonamides is 1. The third-order valence-electron chi connectivity index (χ3n) is 2.71. The quantitative estimate of drug-likeness (QED) is 0.836. The van der Waals surface area contributed by atoms with Gasteiger partial charge in [0.2, 0.25) is 10.0 Å². The maximum atomic E-state index is 12.4. The van der Waals surface area contributed by atoms with Crippen LogP contribution < -0.4 is 0 Å². The Kier molecular flexibility index (Phi) is 3.87. The van der Waals surface area contributed by atoms with Crippen LogP contribution in [0.25, 0.3) is 0 Å². The number of nitrogens with zero attached hydrogens (tertiary/aromatic N) is 1. The fraction of sp³-hybridized carbons (Fsp3) is 0.455. The Labute approximate surface area is 110 Å². The molecule has 4 nitrogen and oxygen atoms in total. The molecule has 0 bridgehead atoms. The summed E-state index contributed by atoms with van der Waals surface area (Å²) in [6, 6.07) is 6.65. The van der Waals surface area contributed by atoms with Gasteiger partial charge in [-0.05, 0) is 25.1 Å². The van der Waals surface area contributed by atoms with Crippen molar-refractivity contribution in [1.29, 1.82) is 0 Å². The molecule has 0 N–H and O–H groups in total. The summed E-state index contributed by atoms with van der Waals surface area (Å²) in [4.78, 5) is 0.320. The van der Waals surface area contributed by atoms with E-state index in [1.165, 1.54) is 4.31 Å². The van der Waals surface area contributed by atoms with Crippen molar-refractivity contribution in [3.05, 3.63) is 28.7 Å². The summed E-state index contributed by atoms with van der Waals surface area (Å²) >= 11 is 3.29. The van der Waals surface area contributed by atoms with Crippen molar-refractivity contribution in [3.8, 4) is 0 Å². The number of benzene rings is 1. The molecule has 1 aromatic rings. The normalized spacial score (nSPS) is 22.6. The molecular formula is C11H14BrNO3S. The third kappa shape index (κ3) is 2.70. The highest BCUT2D eigenvalue weighted by atomic mass is 79.9. The number of rotatable bonds is 2. The van der Waals surface area contributed by atoms with Crippen LogP contribution in [0.3, 0.4) is 0 Å². The second kappa shape index (κ2) is 5.06. The minimum absolute atomic E-state index is 0.118. The first kappa shape index (κ1) is 13.0. The van der Waals surface area contributed by atoms with Crippen LogP contribution >= 0.6 is 15.9 Å². The Morgan fingerprint density at radius 3 is 2.88 bits per heavy atom. The zero-order valence-corrected chi connectivity index (χ0v) is 11.9. The molecule has 0 amide bonds. The molecule has 1 fully saturated rings. The van der Waals surface area contributed by atoms with Gasteiger partial charge in [0.25, 0.3) is 0 Å². The summed E-state index contributed by atoms with van der Waals surface area (Å²) in [5.74, 6) is 0. The van der Waals surface area contributed by atoms with Gasteiger partial charge in [-0.25, -0.2) is 8.42 Å². The zero-order chi connectivity index (χ0) is 12.5. The van der Waals surface area contributed by atoms with E-state index in [0.29, 0.717) is 24.7 Å². The average molecular weight is 320 g/mol. The first-order valence-corrected chi connectivity index (χ1v) is 7.60. The molecule has 1 aromatic carbocycles. The first-order valence-electron chi connectivity index (χ1n) is 5.37. The number of halogens is 1. The van der Waals surface area contributed by atoms with Gasteiger partial charge in [0.1, 0.15) is 0 Å². The molecule has 94 valence electrons. The SMILES string of the molecule is C[C@@H]1COCCN1S(=O)(=O)c1cccc(Br)c1. The molecule has 0 spiro atoms. The van der Waals surface area contributed by atoms with Crippen LogP contribution in [0.4, 0.5) is 0 Å². The van der Waals surface area contributed by atoms with Crippen LogP contribution in [0.15, 0.2) is 33.6 Å². The van der Waals surface area contributed by atoms with Crippen LogP contribution in [-0.2, 0) is 14.8 Å². The van der Waals surface area contributed by atoms with E-state index in [4.69, 9.17) is 4.74 Å². The molecule has 0 aromatic heterocycles. The number of morpholine rings is 1. The van der Waals surface area contributed by atoms with Gasteiger partial charge in [0, 0.05) is 17.1 Å². The Hall–Kier alpha value is -0.430. The third-order valence-corrected chi connectivity index (χ3v) is 5.21. The first-order chi connectivity index (χ1) is 8.01. The van der Waals surface area contributed by atoms with E-state index in [1.807, 2.05) is 13.0 Å². The van der Waals surface area contributed by atoms with Gasteiger partial charge in [-0.2, -0.15) is 4.31 Å². The minimum atomic E-state index is -3.41. The predicted molar refractivity (Wildman–Crippen MR) is 68.3 cm³/mol. The lowest BCUT2D eigenvalue weighted by Gasteiger charge is -2.32. The molecule has 0 aliphatic carbocycles. The van der Waals surface area contributed by atoms with Crippen LogP contribution in [-0.4, -0.2) is 38.5 Å². The minimum Gasteiger partial charge on any atom is -0.378 e. The van der Waals surface area contributed by atoms with Gasteiger partial charge in [0.05, 0.1) is 18.1 Å². The van der Waals surface area contributed by atoms with Crippen molar-refractivity contribution in [2.45, 2.75) is 17.9 Å². The molecule has 1 saturated heterocycles. The molecule has 1 aliphatic heterocycles. The van der Waals surface area contributed by atoms with Crippen molar-refractivity contribution in [2.75, 3.05) is 19.8 Å². The molecule has 0 unspecified atom stereocenters. The Bertz CT molecular complexity index is 503. The maximum absolute atomic E-state index is 12.4. The highest BCUT2D eigenvalue weighted by molar-refractivity contribution is 9.10. The standard InChI is InChI=1S/C11H14BrNO3S/c1-9-8-16-6-5-13(9)17(14,15)11-4-2-3-10(12)7-11/h2-4,7,9H,5-6,8H2,1H3/t9-/m1/s1. The zero-order valence-electron chi connectivity index (χ0n) is 9.47. The van der Waals surface area contributed by atoms with Gasteiger partial charge < -0.3 is 4.74 Å². The molecule has 1 atom stereocenters. The Morgan fingerprint density at radius 1 is 1.47 bits per heavy atom. The molecular weight excluding hydrogens is 306 g/mol. The Balaban J connectivity index is 2.35. The number of hydrogen-bond acceptors (Lipinski definition) is 3. The molecule has 0 radical (unpaired) electrons. The highest BCUT2D eigenvalue weighted by Crippen LogP contribution is 2.22. The van der Waals surface area contributed by atoms with Crippen molar-refractivity contribution >= 4 is 26.0 Å². The monoisotopic (exact) mass is 319 g/mol. The van der Waals surface area contributed by atoms with E-state index < -0.39 is 10.0 Å². The van der Waals surface area contributed by atoms with Crippen LogP contribution in [0.1, 0.15) is 6.92 Å². The van der Waals surface area contributed by atoms with E-state index in [2.05, 4.69) is 15.9 Å². The molecule has 2 rings (SSSR count). The van der Waals surface area contributed by atoms with Gasteiger partial charge in [0.15, 0.2) is 0 Å². The van der Waals surface area contributed by atoms with Gasteiger partial charge in [-0.3, -0.25) is 0 Å². The maximum Gasteiger partial charge on any atom is 0.243 e. The highest BCUT2D eigenvalue weighted by Gasteiger charge is 2.31. The van der Waals surface area contributed by atoms with E-state index in [9.17, 15) is 8.42 Å². The smallest absolute Gasteiger partial charge is 0.243 e. The lowest BCUT2D eigenvalue weighted by Crippen LogP contribution is -2.46. The van der Waals surface area contributed by atoms with Crippen LogP contribution in [0.5, 0.6) is 0 Å². The summed E-state index contributed by atoms with van der Waals surface area (Å²) in [5.41, 5.74) is 0. The van der Waals surface area contributed by atoms with Crippen molar-refractivity contribution < 1.29 is 13.2 Å². The second-order valence-corrected chi connectivity index (χ2v) is 6.80. The van der Waals surface area contributed by atoms with E-state index in [-0.39, 0.29) is 6.04 Å². The lowest BCUT2D eigenvalue weighted by molar-refractivity contribution is 0.0393. The number of ether oxygens (including phenoxy) is 1.